The molecule has 128 valence electrons. The molecule has 0 aromatic heterocycles. The van der Waals surface area contributed by atoms with Gasteiger partial charge in [-0.25, -0.2) is 0 Å². The van der Waals surface area contributed by atoms with Crippen molar-refractivity contribution in [1.82, 2.24) is 4.90 Å². The number of morpholine rings is 1. The highest BCUT2D eigenvalue weighted by molar-refractivity contribution is 5.19. The molecule has 3 atom stereocenters. The second kappa shape index (κ2) is 8.43. The van der Waals surface area contributed by atoms with Crippen molar-refractivity contribution in [2.45, 2.75) is 38.6 Å². The van der Waals surface area contributed by atoms with E-state index in [2.05, 4.69) is 73.3 Å². The Hall–Kier alpha value is -1.68. The van der Waals surface area contributed by atoms with Crippen molar-refractivity contribution in [2.75, 3.05) is 19.8 Å². The van der Waals surface area contributed by atoms with Crippen molar-refractivity contribution in [3.63, 3.8) is 0 Å². The lowest BCUT2D eigenvalue weighted by Crippen LogP contribution is -2.51. The van der Waals surface area contributed by atoms with Crippen molar-refractivity contribution < 1.29 is 9.47 Å². The Bertz CT molecular complexity index is 592. The fourth-order valence-electron chi connectivity index (χ4n) is 3.28. The molecule has 0 spiro atoms. The van der Waals surface area contributed by atoms with E-state index in [0.29, 0.717) is 18.7 Å². The summed E-state index contributed by atoms with van der Waals surface area (Å²) in [5.74, 6) is 0. The van der Waals surface area contributed by atoms with Gasteiger partial charge in [-0.2, -0.15) is 0 Å². The first kappa shape index (κ1) is 17.2. The van der Waals surface area contributed by atoms with E-state index in [-0.39, 0.29) is 6.10 Å². The van der Waals surface area contributed by atoms with E-state index >= 15 is 0 Å². The highest BCUT2D eigenvalue weighted by Gasteiger charge is 2.28. The smallest absolute Gasteiger partial charge is 0.0956 e. The molecule has 0 radical (unpaired) electrons. The molecule has 2 aromatic carbocycles. The van der Waals surface area contributed by atoms with Crippen LogP contribution in [0.5, 0.6) is 0 Å². The maximum Gasteiger partial charge on any atom is 0.0956 e. The molecule has 1 fully saturated rings. The van der Waals surface area contributed by atoms with Gasteiger partial charge < -0.3 is 9.47 Å². The van der Waals surface area contributed by atoms with Crippen LogP contribution < -0.4 is 0 Å². The monoisotopic (exact) mass is 325 g/mol. The zero-order chi connectivity index (χ0) is 16.8. The summed E-state index contributed by atoms with van der Waals surface area (Å²) < 4.78 is 12.0. The van der Waals surface area contributed by atoms with Crippen molar-refractivity contribution >= 4 is 0 Å². The molecular weight excluding hydrogens is 298 g/mol. The first-order valence-corrected chi connectivity index (χ1v) is 8.78. The molecule has 1 saturated heterocycles. The van der Waals surface area contributed by atoms with Gasteiger partial charge in [0.25, 0.3) is 0 Å². The Labute approximate surface area is 145 Å². The van der Waals surface area contributed by atoms with E-state index in [9.17, 15) is 0 Å². The number of nitrogens with zero attached hydrogens (tertiary/aromatic N) is 1. The molecule has 1 aliphatic rings. The van der Waals surface area contributed by atoms with Crippen molar-refractivity contribution in [3.8, 4) is 0 Å². The van der Waals surface area contributed by atoms with Crippen LogP contribution in [0.3, 0.4) is 0 Å². The van der Waals surface area contributed by atoms with Gasteiger partial charge in [0, 0.05) is 18.6 Å². The minimum absolute atomic E-state index is 0.0643. The second-order valence-corrected chi connectivity index (χ2v) is 6.63. The molecule has 3 rings (SSSR count). The Kier molecular flexibility index (Phi) is 6.02. The third-order valence-corrected chi connectivity index (χ3v) is 4.69. The average molecular weight is 325 g/mol. The Morgan fingerprint density at radius 3 is 2.17 bits per heavy atom. The van der Waals surface area contributed by atoms with E-state index in [0.717, 1.165) is 19.8 Å². The van der Waals surface area contributed by atoms with E-state index in [1.54, 1.807) is 0 Å². The maximum atomic E-state index is 6.33. The van der Waals surface area contributed by atoms with E-state index in [1.807, 2.05) is 6.07 Å². The van der Waals surface area contributed by atoms with E-state index < -0.39 is 0 Å². The van der Waals surface area contributed by atoms with Crippen LogP contribution in [0.4, 0.5) is 0 Å². The van der Waals surface area contributed by atoms with Crippen LogP contribution in [0, 0.1) is 0 Å². The summed E-state index contributed by atoms with van der Waals surface area (Å²) in [5, 5.41) is 0. The third kappa shape index (κ3) is 4.44. The number of ether oxygens (including phenoxy) is 2. The lowest BCUT2D eigenvalue weighted by molar-refractivity contribution is -0.0692. The molecule has 1 aliphatic heterocycles. The molecule has 0 bridgehead atoms. The van der Waals surface area contributed by atoms with Crippen LogP contribution in [0.25, 0.3) is 0 Å². The van der Waals surface area contributed by atoms with Crippen molar-refractivity contribution in [1.29, 1.82) is 0 Å². The minimum atomic E-state index is 0.0643. The van der Waals surface area contributed by atoms with Gasteiger partial charge in [-0.1, -0.05) is 60.7 Å². The summed E-state index contributed by atoms with van der Waals surface area (Å²) in [5.41, 5.74) is 2.45. The summed E-state index contributed by atoms with van der Waals surface area (Å²) >= 11 is 0. The van der Waals surface area contributed by atoms with Gasteiger partial charge in [-0.3, -0.25) is 4.90 Å². The summed E-state index contributed by atoms with van der Waals surface area (Å²) in [6.07, 6.45) is 0.0643. The topological polar surface area (TPSA) is 21.7 Å². The average Bonchev–Trinajstić information content (AvgIpc) is 2.62. The molecule has 0 saturated carbocycles. The fraction of sp³-hybridized carbons (Fsp3) is 0.429. The van der Waals surface area contributed by atoms with Crippen LogP contribution in [0.15, 0.2) is 60.7 Å². The van der Waals surface area contributed by atoms with Crippen molar-refractivity contribution in [2.24, 2.45) is 0 Å². The standard InChI is InChI=1S/C21H27NO2/c1-17-14-23-15-18(2)22(17)13-21(20-11-7-4-8-12-20)24-16-19-9-5-3-6-10-19/h3-12,17-18,21H,13-16H2,1-2H3/t17-,18+,21-/m0/s1. The number of benzene rings is 2. The highest BCUT2D eigenvalue weighted by Crippen LogP contribution is 2.24. The number of hydrogen-bond acceptors (Lipinski definition) is 3. The molecule has 2 aromatic rings. The summed E-state index contributed by atoms with van der Waals surface area (Å²) in [7, 11) is 0. The molecule has 0 N–H and O–H groups in total. The van der Waals surface area contributed by atoms with Gasteiger partial charge in [0.1, 0.15) is 0 Å². The first-order valence-electron chi connectivity index (χ1n) is 8.78. The third-order valence-electron chi connectivity index (χ3n) is 4.69. The first-order chi connectivity index (χ1) is 11.7. The zero-order valence-electron chi connectivity index (χ0n) is 14.6. The SMILES string of the molecule is C[C@@H]1COC[C@H](C)N1C[C@H](OCc1ccccc1)c1ccccc1. The molecule has 3 heteroatoms. The lowest BCUT2D eigenvalue weighted by Gasteiger charge is -2.40. The number of rotatable bonds is 6. The summed E-state index contributed by atoms with van der Waals surface area (Å²) in [6.45, 7) is 7.58. The van der Waals surface area contributed by atoms with Crippen LogP contribution in [-0.2, 0) is 16.1 Å². The molecule has 0 aliphatic carbocycles. The Morgan fingerprint density at radius 2 is 1.54 bits per heavy atom. The molecule has 1 heterocycles. The molecular formula is C21H27NO2. The minimum Gasteiger partial charge on any atom is -0.378 e. The molecule has 0 unspecified atom stereocenters. The zero-order valence-corrected chi connectivity index (χ0v) is 14.6. The predicted octanol–water partition coefficient (Wildman–Crippen LogP) is 4.05. The van der Waals surface area contributed by atoms with Crippen LogP contribution in [-0.4, -0.2) is 36.7 Å². The molecule has 3 nitrogen and oxygen atoms in total. The van der Waals surface area contributed by atoms with Gasteiger partial charge >= 0.3 is 0 Å². The highest BCUT2D eigenvalue weighted by atomic mass is 16.5. The Morgan fingerprint density at radius 1 is 0.958 bits per heavy atom. The van der Waals surface area contributed by atoms with Crippen LogP contribution in [0.1, 0.15) is 31.1 Å². The maximum absolute atomic E-state index is 6.33. The molecule has 0 amide bonds. The normalized spacial score (nSPS) is 23.1. The van der Waals surface area contributed by atoms with Crippen molar-refractivity contribution in [3.05, 3.63) is 71.8 Å². The van der Waals surface area contributed by atoms with Gasteiger partial charge in [-0.05, 0) is 25.0 Å². The van der Waals surface area contributed by atoms with Gasteiger partial charge in [-0.15, -0.1) is 0 Å². The second-order valence-electron chi connectivity index (χ2n) is 6.63. The van der Waals surface area contributed by atoms with Crippen LogP contribution >= 0.6 is 0 Å². The summed E-state index contributed by atoms with van der Waals surface area (Å²) in [6, 6.07) is 21.7. The summed E-state index contributed by atoms with van der Waals surface area (Å²) in [4.78, 5) is 2.51. The van der Waals surface area contributed by atoms with Gasteiger partial charge in [0.15, 0.2) is 0 Å². The van der Waals surface area contributed by atoms with Gasteiger partial charge in [0.2, 0.25) is 0 Å². The predicted molar refractivity (Wildman–Crippen MR) is 96.9 cm³/mol. The van der Waals surface area contributed by atoms with Gasteiger partial charge in [0.05, 0.1) is 25.9 Å². The quantitative estimate of drug-likeness (QED) is 0.799. The van der Waals surface area contributed by atoms with Crippen LogP contribution in [0.2, 0.25) is 0 Å². The lowest BCUT2D eigenvalue weighted by atomic mass is 10.1. The number of hydrogen-bond donors (Lipinski definition) is 0. The molecule has 24 heavy (non-hydrogen) atoms. The van der Waals surface area contributed by atoms with E-state index in [1.165, 1.54) is 11.1 Å². The Balaban J connectivity index is 1.72. The van der Waals surface area contributed by atoms with E-state index in [4.69, 9.17) is 9.47 Å². The largest absolute Gasteiger partial charge is 0.378 e. The fourth-order valence-corrected chi connectivity index (χ4v) is 3.28.